The number of nitrogens with zero attached hydrogens (tertiary/aromatic N) is 1. The predicted molar refractivity (Wildman–Crippen MR) is 109 cm³/mol. The second kappa shape index (κ2) is 6.85. The van der Waals surface area contributed by atoms with E-state index in [-0.39, 0.29) is 4.90 Å². The van der Waals surface area contributed by atoms with E-state index in [2.05, 4.69) is 9.71 Å². The minimum Gasteiger partial charge on any atom is -0.263 e. The highest BCUT2D eigenvalue weighted by atomic mass is 32.2. The molecule has 1 heterocycles. The number of rotatable bonds is 4. The lowest BCUT2D eigenvalue weighted by Crippen LogP contribution is -2.14. The topological polar surface area (TPSA) is 59.1 Å². The summed E-state index contributed by atoms with van der Waals surface area (Å²) in [5, 5.41) is 0.974. The minimum atomic E-state index is -3.71. The summed E-state index contributed by atoms with van der Waals surface area (Å²) in [6.45, 7) is 1.92. The summed E-state index contributed by atoms with van der Waals surface area (Å²) in [5.41, 5.74) is 3.68. The fourth-order valence-electron chi connectivity index (χ4n) is 3.00. The first-order valence-electron chi connectivity index (χ1n) is 8.58. The van der Waals surface area contributed by atoms with Gasteiger partial charge in [0.15, 0.2) is 0 Å². The third-order valence-electron chi connectivity index (χ3n) is 4.37. The Hall–Kier alpha value is -3.18. The Balaban J connectivity index is 1.82. The van der Waals surface area contributed by atoms with Gasteiger partial charge in [0.1, 0.15) is 5.82 Å². The van der Waals surface area contributed by atoms with Crippen molar-refractivity contribution in [3.05, 3.63) is 90.5 Å². The van der Waals surface area contributed by atoms with Crippen molar-refractivity contribution in [2.45, 2.75) is 11.8 Å². The summed E-state index contributed by atoms with van der Waals surface area (Å²) in [4.78, 5) is 4.71. The lowest BCUT2D eigenvalue weighted by Gasteiger charge is -2.12. The lowest BCUT2D eigenvalue weighted by atomic mass is 10.0. The van der Waals surface area contributed by atoms with Gasteiger partial charge in [0.2, 0.25) is 0 Å². The monoisotopic (exact) mass is 374 g/mol. The molecule has 0 unspecified atom stereocenters. The number of hydrogen-bond acceptors (Lipinski definition) is 3. The van der Waals surface area contributed by atoms with E-state index >= 15 is 0 Å². The van der Waals surface area contributed by atoms with Gasteiger partial charge in [0.05, 0.1) is 10.4 Å². The predicted octanol–water partition coefficient (Wildman–Crippen LogP) is 5.01. The zero-order valence-corrected chi connectivity index (χ0v) is 15.6. The van der Waals surface area contributed by atoms with Crippen molar-refractivity contribution < 1.29 is 8.42 Å². The number of pyridine rings is 1. The molecular formula is C22H18N2O2S. The Morgan fingerprint density at radius 2 is 1.48 bits per heavy atom. The number of sulfonamides is 1. The van der Waals surface area contributed by atoms with Crippen LogP contribution in [0.4, 0.5) is 5.82 Å². The number of para-hydroxylation sites is 1. The summed E-state index contributed by atoms with van der Waals surface area (Å²) in [6.07, 6.45) is 0. The van der Waals surface area contributed by atoms with E-state index in [1.807, 2.05) is 61.5 Å². The molecule has 27 heavy (non-hydrogen) atoms. The van der Waals surface area contributed by atoms with E-state index < -0.39 is 10.0 Å². The summed E-state index contributed by atoms with van der Waals surface area (Å²) < 4.78 is 28.1. The van der Waals surface area contributed by atoms with Gasteiger partial charge in [-0.15, -0.1) is 0 Å². The molecule has 1 aromatic heterocycles. The molecule has 0 aliphatic carbocycles. The van der Waals surface area contributed by atoms with E-state index in [1.54, 1.807) is 30.3 Å². The SMILES string of the molecule is Cc1ccc(S(=O)(=O)Nc2cc(-c3ccccc3)c3ccccc3n2)cc1. The molecule has 0 saturated carbocycles. The Kier molecular flexibility index (Phi) is 4.38. The van der Waals surface area contributed by atoms with Crippen LogP contribution in [0, 0.1) is 6.92 Å². The average molecular weight is 374 g/mol. The van der Waals surface area contributed by atoms with E-state index in [9.17, 15) is 8.42 Å². The van der Waals surface area contributed by atoms with Crippen molar-refractivity contribution in [1.29, 1.82) is 0 Å². The molecule has 1 N–H and O–H groups in total. The molecule has 0 amide bonds. The second-order valence-electron chi connectivity index (χ2n) is 6.36. The van der Waals surface area contributed by atoms with E-state index in [4.69, 9.17) is 0 Å². The number of aromatic nitrogens is 1. The largest absolute Gasteiger partial charge is 0.263 e. The molecule has 0 fully saturated rings. The van der Waals surface area contributed by atoms with Crippen molar-refractivity contribution in [3.8, 4) is 11.1 Å². The van der Waals surface area contributed by atoms with Gasteiger partial charge >= 0.3 is 0 Å². The molecule has 4 nitrogen and oxygen atoms in total. The first-order valence-corrected chi connectivity index (χ1v) is 10.1. The van der Waals surface area contributed by atoms with Crippen molar-refractivity contribution >= 4 is 26.7 Å². The highest BCUT2D eigenvalue weighted by Crippen LogP contribution is 2.30. The second-order valence-corrected chi connectivity index (χ2v) is 8.04. The van der Waals surface area contributed by atoms with Crippen LogP contribution in [0.5, 0.6) is 0 Å². The summed E-state index contributed by atoms with van der Waals surface area (Å²) in [5.74, 6) is 0.299. The fraction of sp³-hybridized carbons (Fsp3) is 0.0455. The van der Waals surface area contributed by atoms with Crippen LogP contribution in [0.25, 0.3) is 22.0 Å². The molecular weight excluding hydrogens is 356 g/mol. The van der Waals surface area contributed by atoms with E-state index in [1.165, 1.54) is 0 Å². The maximum absolute atomic E-state index is 12.7. The number of aryl methyl sites for hydroxylation is 1. The first kappa shape index (κ1) is 17.2. The normalized spacial score (nSPS) is 11.4. The van der Waals surface area contributed by atoms with Gasteiger partial charge in [-0.1, -0.05) is 66.2 Å². The standard InChI is InChI=1S/C22H18N2O2S/c1-16-11-13-18(14-12-16)27(25,26)24-22-15-20(17-7-3-2-4-8-17)19-9-5-6-10-21(19)23-22/h2-15H,1H3,(H,23,24). The number of benzene rings is 3. The fourth-order valence-corrected chi connectivity index (χ4v) is 3.99. The number of hydrogen-bond donors (Lipinski definition) is 1. The molecule has 0 aliphatic rings. The molecule has 134 valence electrons. The third kappa shape index (κ3) is 3.55. The Morgan fingerprint density at radius 3 is 2.22 bits per heavy atom. The van der Waals surface area contributed by atoms with Crippen LogP contribution in [0.15, 0.2) is 89.8 Å². The zero-order valence-electron chi connectivity index (χ0n) is 14.8. The number of nitrogens with one attached hydrogen (secondary N) is 1. The molecule has 0 radical (unpaired) electrons. The minimum absolute atomic E-state index is 0.212. The molecule has 0 spiro atoms. The smallest absolute Gasteiger partial charge is 0.263 e. The molecule has 0 bridgehead atoms. The highest BCUT2D eigenvalue weighted by molar-refractivity contribution is 7.92. The van der Waals surface area contributed by atoms with Gasteiger partial charge in [-0.05, 0) is 42.3 Å². The van der Waals surface area contributed by atoms with Crippen LogP contribution >= 0.6 is 0 Å². The highest BCUT2D eigenvalue weighted by Gasteiger charge is 2.16. The van der Waals surface area contributed by atoms with E-state index in [0.29, 0.717) is 5.82 Å². The maximum atomic E-state index is 12.7. The summed E-state index contributed by atoms with van der Waals surface area (Å²) >= 11 is 0. The molecule has 0 atom stereocenters. The first-order chi connectivity index (χ1) is 13.0. The van der Waals surface area contributed by atoms with Gasteiger partial charge in [0.25, 0.3) is 10.0 Å². The zero-order chi connectivity index (χ0) is 18.9. The molecule has 4 aromatic rings. The van der Waals surface area contributed by atoms with Gasteiger partial charge in [-0.2, -0.15) is 0 Å². The van der Waals surface area contributed by atoms with Crippen LogP contribution in [-0.2, 0) is 10.0 Å². The molecule has 4 rings (SSSR count). The van der Waals surface area contributed by atoms with Gasteiger partial charge < -0.3 is 0 Å². The summed E-state index contributed by atoms with van der Waals surface area (Å²) in [7, 11) is -3.71. The Bertz CT molecular complexity index is 1200. The van der Waals surface area contributed by atoms with Gasteiger partial charge in [0, 0.05) is 5.39 Å². The average Bonchev–Trinajstić information content (AvgIpc) is 2.68. The maximum Gasteiger partial charge on any atom is 0.263 e. The molecule has 5 heteroatoms. The van der Waals surface area contributed by atoms with Crippen LogP contribution in [0.2, 0.25) is 0 Å². The number of fused-ring (bicyclic) bond motifs is 1. The van der Waals surface area contributed by atoms with Crippen molar-refractivity contribution in [3.63, 3.8) is 0 Å². The Morgan fingerprint density at radius 1 is 0.815 bits per heavy atom. The molecule has 0 aliphatic heterocycles. The lowest BCUT2D eigenvalue weighted by molar-refractivity contribution is 0.601. The van der Waals surface area contributed by atoms with Crippen LogP contribution < -0.4 is 4.72 Å². The quantitative estimate of drug-likeness (QED) is 0.546. The number of anilines is 1. The van der Waals surface area contributed by atoms with Crippen molar-refractivity contribution in [2.75, 3.05) is 4.72 Å². The van der Waals surface area contributed by atoms with Crippen molar-refractivity contribution in [2.24, 2.45) is 0 Å². The molecule has 0 saturated heterocycles. The van der Waals surface area contributed by atoms with Crippen LogP contribution in [-0.4, -0.2) is 13.4 Å². The van der Waals surface area contributed by atoms with Crippen LogP contribution in [0.1, 0.15) is 5.56 Å². The van der Waals surface area contributed by atoms with Crippen LogP contribution in [0.3, 0.4) is 0 Å². The Labute approximate surface area is 158 Å². The van der Waals surface area contributed by atoms with Gasteiger partial charge in [-0.25, -0.2) is 13.4 Å². The molecule has 3 aromatic carbocycles. The van der Waals surface area contributed by atoms with E-state index in [0.717, 1.165) is 27.6 Å². The summed E-state index contributed by atoms with van der Waals surface area (Å²) in [6, 6.07) is 26.1. The van der Waals surface area contributed by atoms with Gasteiger partial charge in [-0.3, -0.25) is 4.72 Å². The third-order valence-corrected chi connectivity index (χ3v) is 5.74. The van der Waals surface area contributed by atoms with Crippen molar-refractivity contribution in [1.82, 2.24) is 4.98 Å².